The zero-order chi connectivity index (χ0) is 14.7. The molecular weight excluding hydrogens is 276 g/mol. The molecule has 2 aromatic rings. The third-order valence-corrected chi connectivity index (χ3v) is 3.37. The molecular formula is C13H16N4O2S. The van der Waals surface area contributed by atoms with E-state index in [-0.39, 0.29) is 24.4 Å². The molecule has 2 rings (SSSR count). The van der Waals surface area contributed by atoms with Gasteiger partial charge in [0.15, 0.2) is 5.13 Å². The lowest BCUT2D eigenvalue weighted by molar-refractivity contribution is -0.120. The van der Waals surface area contributed by atoms with Gasteiger partial charge in [0.1, 0.15) is 0 Å². The van der Waals surface area contributed by atoms with Crippen LogP contribution < -0.4 is 16.4 Å². The molecule has 0 aliphatic rings. The summed E-state index contributed by atoms with van der Waals surface area (Å²) in [6.07, 6.45) is 0. The van der Waals surface area contributed by atoms with E-state index in [1.54, 1.807) is 18.2 Å². The van der Waals surface area contributed by atoms with Gasteiger partial charge in [0.2, 0.25) is 5.91 Å². The summed E-state index contributed by atoms with van der Waals surface area (Å²) >= 11 is 1.32. The highest BCUT2D eigenvalue weighted by atomic mass is 32.1. The Bertz CT molecular complexity index is 651. The highest BCUT2D eigenvalue weighted by Gasteiger charge is 2.10. The summed E-state index contributed by atoms with van der Waals surface area (Å²) in [6, 6.07) is 5.18. The van der Waals surface area contributed by atoms with E-state index in [1.807, 2.05) is 13.8 Å². The molecule has 0 bridgehead atoms. The fourth-order valence-corrected chi connectivity index (χ4v) is 2.49. The molecule has 106 valence electrons. The molecule has 2 amide bonds. The number of nitrogens with one attached hydrogen (secondary N) is 2. The number of benzene rings is 1. The molecule has 1 aromatic heterocycles. The fraction of sp³-hybridized carbons (Fsp3) is 0.308. The maximum Gasteiger partial charge on any atom is 0.251 e. The van der Waals surface area contributed by atoms with Gasteiger partial charge >= 0.3 is 0 Å². The molecule has 0 saturated heterocycles. The second-order valence-corrected chi connectivity index (χ2v) is 5.70. The van der Waals surface area contributed by atoms with Crippen LogP contribution in [0.25, 0.3) is 10.2 Å². The average Bonchev–Trinajstić information content (AvgIpc) is 2.74. The Morgan fingerprint density at radius 3 is 2.85 bits per heavy atom. The lowest BCUT2D eigenvalue weighted by Crippen LogP contribution is -2.39. The molecule has 6 nitrogen and oxygen atoms in total. The number of carbonyl (C=O) groups excluding carboxylic acids is 2. The molecule has 0 unspecified atom stereocenters. The molecule has 0 radical (unpaired) electrons. The Labute approximate surface area is 120 Å². The Kier molecular flexibility index (Phi) is 4.19. The van der Waals surface area contributed by atoms with Crippen molar-refractivity contribution in [2.24, 2.45) is 0 Å². The van der Waals surface area contributed by atoms with E-state index in [2.05, 4.69) is 15.6 Å². The van der Waals surface area contributed by atoms with E-state index >= 15 is 0 Å². The van der Waals surface area contributed by atoms with Crippen LogP contribution in [-0.4, -0.2) is 29.4 Å². The van der Waals surface area contributed by atoms with Crippen LogP contribution in [0.1, 0.15) is 24.2 Å². The second-order valence-electron chi connectivity index (χ2n) is 4.64. The molecule has 7 heteroatoms. The molecule has 1 aromatic carbocycles. The van der Waals surface area contributed by atoms with Crippen LogP contribution in [0.3, 0.4) is 0 Å². The first-order chi connectivity index (χ1) is 9.45. The zero-order valence-corrected chi connectivity index (χ0v) is 12.1. The second kappa shape index (κ2) is 5.87. The number of nitrogens with zero attached hydrogens (tertiary/aromatic N) is 1. The van der Waals surface area contributed by atoms with Gasteiger partial charge in [0.05, 0.1) is 16.8 Å². The SMILES string of the molecule is CC(C)NC(=O)CNC(=O)c1ccc2nc(N)sc2c1. The fourth-order valence-electron chi connectivity index (χ4n) is 1.72. The Morgan fingerprint density at radius 2 is 2.15 bits per heavy atom. The number of nitrogen functional groups attached to an aromatic ring is 1. The van der Waals surface area contributed by atoms with Crippen LogP contribution in [0, 0.1) is 0 Å². The quantitative estimate of drug-likeness (QED) is 0.787. The first kappa shape index (κ1) is 14.3. The first-order valence-electron chi connectivity index (χ1n) is 6.19. The van der Waals surface area contributed by atoms with E-state index in [9.17, 15) is 9.59 Å². The van der Waals surface area contributed by atoms with Gasteiger partial charge in [-0.3, -0.25) is 9.59 Å². The van der Waals surface area contributed by atoms with E-state index in [0.717, 1.165) is 10.2 Å². The van der Waals surface area contributed by atoms with Crippen molar-refractivity contribution >= 4 is 38.5 Å². The smallest absolute Gasteiger partial charge is 0.251 e. The highest BCUT2D eigenvalue weighted by Crippen LogP contribution is 2.24. The van der Waals surface area contributed by atoms with Crippen LogP contribution in [0.2, 0.25) is 0 Å². The minimum absolute atomic E-state index is 0.0418. The van der Waals surface area contributed by atoms with Crippen molar-refractivity contribution in [3.05, 3.63) is 23.8 Å². The number of hydrogen-bond donors (Lipinski definition) is 3. The average molecular weight is 292 g/mol. The molecule has 1 heterocycles. The maximum absolute atomic E-state index is 11.9. The minimum atomic E-state index is -0.294. The van der Waals surface area contributed by atoms with E-state index in [1.165, 1.54) is 11.3 Å². The molecule has 0 aliphatic heterocycles. The summed E-state index contributed by atoms with van der Waals surface area (Å²) in [7, 11) is 0. The number of rotatable bonds is 4. The largest absolute Gasteiger partial charge is 0.375 e. The number of thiazole rings is 1. The predicted octanol–water partition coefficient (Wildman–Crippen LogP) is 1.13. The lowest BCUT2D eigenvalue weighted by atomic mass is 10.2. The highest BCUT2D eigenvalue weighted by molar-refractivity contribution is 7.22. The maximum atomic E-state index is 11.9. The Balaban J connectivity index is 2.02. The molecule has 20 heavy (non-hydrogen) atoms. The van der Waals surface area contributed by atoms with Crippen LogP contribution in [0.15, 0.2) is 18.2 Å². The Hall–Kier alpha value is -2.15. The minimum Gasteiger partial charge on any atom is -0.375 e. The molecule has 0 atom stereocenters. The summed E-state index contributed by atoms with van der Waals surface area (Å²) in [5.74, 6) is -0.505. The van der Waals surface area contributed by atoms with Crippen LogP contribution >= 0.6 is 11.3 Å². The van der Waals surface area contributed by atoms with Gasteiger partial charge < -0.3 is 16.4 Å². The summed E-state index contributed by atoms with van der Waals surface area (Å²) in [5, 5.41) is 5.75. The lowest BCUT2D eigenvalue weighted by Gasteiger charge is -2.09. The van der Waals surface area contributed by atoms with Crippen molar-refractivity contribution < 1.29 is 9.59 Å². The topological polar surface area (TPSA) is 97.1 Å². The van der Waals surface area contributed by atoms with Gasteiger partial charge in [-0.25, -0.2) is 4.98 Å². The van der Waals surface area contributed by atoms with Gasteiger partial charge in [0.25, 0.3) is 5.91 Å². The van der Waals surface area contributed by atoms with Crippen molar-refractivity contribution in [3.63, 3.8) is 0 Å². The molecule has 0 aliphatic carbocycles. The van der Waals surface area contributed by atoms with Gasteiger partial charge in [-0.1, -0.05) is 11.3 Å². The molecule has 0 saturated carbocycles. The van der Waals surface area contributed by atoms with E-state index < -0.39 is 0 Å². The number of carbonyl (C=O) groups is 2. The third-order valence-electron chi connectivity index (χ3n) is 2.53. The van der Waals surface area contributed by atoms with Gasteiger partial charge in [0, 0.05) is 11.6 Å². The van der Waals surface area contributed by atoms with Crippen molar-refractivity contribution in [2.45, 2.75) is 19.9 Å². The number of anilines is 1. The predicted molar refractivity (Wildman–Crippen MR) is 79.6 cm³/mol. The van der Waals surface area contributed by atoms with Crippen molar-refractivity contribution in [1.82, 2.24) is 15.6 Å². The van der Waals surface area contributed by atoms with Crippen molar-refractivity contribution in [2.75, 3.05) is 12.3 Å². The molecule has 0 fully saturated rings. The number of hydrogen-bond acceptors (Lipinski definition) is 5. The Morgan fingerprint density at radius 1 is 1.40 bits per heavy atom. The first-order valence-corrected chi connectivity index (χ1v) is 7.01. The number of fused-ring (bicyclic) bond motifs is 1. The molecule has 0 spiro atoms. The van der Waals surface area contributed by atoms with Crippen LogP contribution in [0.4, 0.5) is 5.13 Å². The number of amides is 2. The summed E-state index contributed by atoms with van der Waals surface area (Å²) in [5.41, 5.74) is 6.87. The third kappa shape index (κ3) is 3.45. The van der Waals surface area contributed by atoms with Crippen molar-refractivity contribution in [3.8, 4) is 0 Å². The number of nitrogens with two attached hydrogens (primary N) is 1. The monoisotopic (exact) mass is 292 g/mol. The van der Waals surface area contributed by atoms with E-state index in [4.69, 9.17) is 5.73 Å². The van der Waals surface area contributed by atoms with Gasteiger partial charge in [-0.2, -0.15) is 0 Å². The molecule has 4 N–H and O–H groups in total. The summed E-state index contributed by atoms with van der Waals surface area (Å²) in [6.45, 7) is 3.68. The normalized spacial score (nSPS) is 10.8. The van der Waals surface area contributed by atoms with Crippen molar-refractivity contribution in [1.29, 1.82) is 0 Å². The van der Waals surface area contributed by atoms with E-state index in [0.29, 0.717) is 10.7 Å². The zero-order valence-electron chi connectivity index (χ0n) is 11.3. The van der Waals surface area contributed by atoms with Crippen LogP contribution in [0.5, 0.6) is 0 Å². The summed E-state index contributed by atoms with van der Waals surface area (Å²) < 4.78 is 0.849. The summed E-state index contributed by atoms with van der Waals surface area (Å²) in [4.78, 5) is 27.5. The van der Waals surface area contributed by atoms with Crippen LogP contribution in [-0.2, 0) is 4.79 Å². The number of aromatic nitrogens is 1. The standard InChI is InChI=1S/C13H16N4O2S/c1-7(2)16-11(18)6-15-12(19)8-3-4-9-10(5-8)20-13(14)17-9/h3-5,7H,6H2,1-2H3,(H2,14,17)(H,15,19)(H,16,18). The van der Waals surface area contributed by atoms with Gasteiger partial charge in [-0.05, 0) is 32.0 Å². The van der Waals surface area contributed by atoms with Gasteiger partial charge in [-0.15, -0.1) is 0 Å².